The highest BCUT2D eigenvalue weighted by Gasteiger charge is 2.18. The van der Waals surface area contributed by atoms with Crippen LogP contribution in [0.2, 0.25) is 0 Å². The van der Waals surface area contributed by atoms with Crippen LogP contribution in [-0.4, -0.2) is 18.1 Å². The van der Waals surface area contributed by atoms with E-state index in [1.807, 2.05) is 6.20 Å². The Kier molecular flexibility index (Phi) is 4.87. The van der Waals surface area contributed by atoms with Gasteiger partial charge in [-0.1, -0.05) is 13.3 Å². The Morgan fingerprint density at radius 1 is 1.39 bits per heavy atom. The SMILES string of the molecule is CCC1CCCN(c2ncc(CCl)cc2C)CC1. The van der Waals surface area contributed by atoms with Crippen molar-refractivity contribution in [1.82, 2.24) is 4.98 Å². The van der Waals surface area contributed by atoms with Gasteiger partial charge in [0.05, 0.1) is 0 Å². The van der Waals surface area contributed by atoms with Crippen LogP contribution in [0.15, 0.2) is 12.3 Å². The summed E-state index contributed by atoms with van der Waals surface area (Å²) < 4.78 is 0. The summed E-state index contributed by atoms with van der Waals surface area (Å²) in [6.07, 6.45) is 7.18. The summed E-state index contributed by atoms with van der Waals surface area (Å²) in [6, 6.07) is 2.16. The zero-order valence-corrected chi connectivity index (χ0v) is 12.2. The van der Waals surface area contributed by atoms with E-state index in [-0.39, 0.29) is 0 Å². The molecule has 1 unspecified atom stereocenters. The summed E-state index contributed by atoms with van der Waals surface area (Å²) in [4.78, 5) is 7.05. The maximum Gasteiger partial charge on any atom is 0.131 e. The first kappa shape index (κ1) is 13.7. The zero-order valence-electron chi connectivity index (χ0n) is 11.5. The van der Waals surface area contributed by atoms with Gasteiger partial charge in [-0.25, -0.2) is 4.98 Å². The lowest BCUT2D eigenvalue weighted by molar-refractivity contribution is 0.459. The van der Waals surface area contributed by atoms with Gasteiger partial charge in [0.1, 0.15) is 5.82 Å². The van der Waals surface area contributed by atoms with Gasteiger partial charge in [0, 0.05) is 25.2 Å². The van der Waals surface area contributed by atoms with Crippen molar-refractivity contribution in [3.8, 4) is 0 Å². The molecule has 1 saturated heterocycles. The lowest BCUT2D eigenvalue weighted by atomic mass is 9.98. The van der Waals surface area contributed by atoms with Gasteiger partial charge in [0.25, 0.3) is 0 Å². The highest BCUT2D eigenvalue weighted by atomic mass is 35.5. The highest BCUT2D eigenvalue weighted by molar-refractivity contribution is 6.17. The second-order valence-electron chi connectivity index (χ2n) is 5.31. The summed E-state index contributed by atoms with van der Waals surface area (Å²) in [5.41, 5.74) is 2.36. The lowest BCUT2D eigenvalue weighted by Crippen LogP contribution is -2.26. The molecule has 1 aromatic rings. The molecule has 0 aliphatic carbocycles. The molecule has 1 aliphatic rings. The van der Waals surface area contributed by atoms with Crippen molar-refractivity contribution in [3.05, 3.63) is 23.4 Å². The van der Waals surface area contributed by atoms with E-state index in [4.69, 9.17) is 11.6 Å². The molecule has 0 spiro atoms. The van der Waals surface area contributed by atoms with Crippen molar-refractivity contribution in [2.45, 2.75) is 45.4 Å². The molecule has 100 valence electrons. The van der Waals surface area contributed by atoms with Crippen molar-refractivity contribution >= 4 is 17.4 Å². The molecule has 0 saturated carbocycles. The molecule has 1 fully saturated rings. The molecule has 2 nitrogen and oxygen atoms in total. The van der Waals surface area contributed by atoms with E-state index in [1.165, 1.54) is 31.2 Å². The average molecular weight is 267 g/mol. The average Bonchev–Trinajstić information content (AvgIpc) is 2.63. The Morgan fingerprint density at radius 2 is 2.22 bits per heavy atom. The van der Waals surface area contributed by atoms with Crippen molar-refractivity contribution in [3.63, 3.8) is 0 Å². The standard InChI is InChI=1S/C15H23ClN2/c1-3-13-5-4-7-18(8-6-13)15-12(2)9-14(10-16)11-17-15/h9,11,13H,3-8,10H2,1-2H3. The van der Waals surface area contributed by atoms with Gasteiger partial charge >= 0.3 is 0 Å². The number of pyridine rings is 1. The van der Waals surface area contributed by atoms with Crippen molar-refractivity contribution in [2.75, 3.05) is 18.0 Å². The first-order valence-electron chi connectivity index (χ1n) is 7.01. The van der Waals surface area contributed by atoms with E-state index < -0.39 is 0 Å². The van der Waals surface area contributed by atoms with Crippen LogP contribution >= 0.6 is 11.6 Å². The van der Waals surface area contributed by atoms with Gasteiger partial charge in [-0.3, -0.25) is 0 Å². The number of anilines is 1. The molecule has 1 aliphatic heterocycles. The van der Waals surface area contributed by atoms with Crippen molar-refractivity contribution < 1.29 is 0 Å². The minimum atomic E-state index is 0.548. The number of nitrogens with zero attached hydrogens (tertiary/aromatic N) is 2. The van der Waals surface area contributed by atoms with Crippen molar-refractivity contribution in [2.24, 2.45) is 5.92 Å². The molecule has 0 bridgehead atoms. The number of aryl methyl sites for hydroxylation is 1. The van der Waals surface area contributed by atoms with Crippen molar-refractivity contribution in [1.29, 1.82) is 0 Å². The van der Waals surface area contributed by atoms with Crippen LogP contribution in [0.4, 0.5) is 5.82 Å². The fourth-order valence-corrected chi connectivity index (χ4v) is 2.96. The number of rotatable bonds is 3. The van der Waals surface area contributed by atoms with Gasteiger partial charge in [0.15, 0.2) is 0 Å². The molecule has 0 amide bonds. The molecule has 1 aromatic heterocycles. The second-order valence-corrected chi connectivity index (χ2v) is 5.58. The molecule has 0 N–H and O–H groups in total. The zero-order chi connectivity index (χ0) is 13.0. The first-order valence-corrected chi connectivity index (χ1v) is 7.54. The first-order chi connectivity index (χ1) is 8.74. The van der Waals surface area contributed by atoms with Crippen LogP contribution in [0.25, 0.3) is 0 Å². The largest absolute Gasteiger partial charge is 0.356 e. The van der Waals surface area contributed by atoms with Gasteiger partial charge < -0.3 is 4.90 Å². The van der Waals surface area contributed by atoms with Crippen LogP contribution in [-0.2, 0) is 5.88 Å². The van der Waals surface area contributed by atoms with Gasteiger partial charge in [-0.05, 0) is 49.3 Å². The van der Waals surface area contributed by atoms with E-state index in [1.54, 1.807) is 0 Å². The number of hydrogen-bond acceptors (Lipinski definition) is 2. The van der Waals surface area contributed by atoms with Crippen LogP contribution in [0, 0.1) is 12.8 Å². The van der Waals surface area contributed by atoms with Gasteiger partial charge in [-0.15, -0.1) is 11.6 Å². The quantitative estimate of drug-likeness (QED) is 0.765. The Hall–Kier alpha value is -0.760. The van der Waals surface area contributed by atoms with E-state index in [0.29, 0.717) is 5.88 Å². The fourth-order valence-electron chi connectivity index (χ4n) is 2.82. The summed E-state index contributed by atoms with van der Waals surface area (Å²) in [5, 5.41) is 0. The number of aromatic nitrogens is 1. The summed E-state index contributed by atoms with van der Waals surface area (Å²) in [6.45, 7) is 6.73. The Morgan fingerprint density at radius 3 is 2.89 bits per heavy atom. The molecule has 0 radical (unpaired) electrons. The van der Waals surface area contributed by atoms with Gasteiger partial charge in [0.2, 0.25) is 0 Å². The number of alkyl halides is 1. The number of halogens is 1. The molecule has 3 heteroatoms. The van der Waals surface area contributed by atoms with E-state index >= 15 is 0 Å². The van der Waals surface area contributed by atoms with Gasteiger partial charge in [-0.2, -0.15) is 0 Å². The van der Waals surface area contributed by atoms with Crippen LogP contribution < -0.4 is 4.90 Å². The smallest absolute Gasteiger partial charge is 0.131 e. The molecular formula is C15H23ClN2. The second kappa shape index (κ2) is 6.42. The third-order valence-corrected chi connectivity index (χ3v) is 4.29. The predicted molar refractivity (Wildman–Crippen MR) is 78.4 cm³/mol. The van der Waals surface area contributed by atoms with Crippen LogP contribution in [0.5, 0.6) is 0 Å². The van der Waals surface area contributed by atoms with E-state index in [0.717, 1.165) is 30.4 Å². The molecule has 0 aromatic carbocycles. The topological polar surface area (TPSA) is 16.1 Å². The highest BCUT2D eigenvalue weighted by Crippen LogP contribution is 2.25. The minimum absolute atomic E-state index is 0.548. The van der Waals surface area contributed by atoms with Crippen LogP contribution in [0.3, 0.4) is 0 Å². The monoisotopic (exact) mass is 266 g/mol. The molecule has 1 atom stereocenters. The minimum Gasteiger partial charge on any atom is -0.356 e. The summed E-state index contributed by atoms with van der Waals surface area (Å²) in [5.74, 6) is 2.60. The Labute approximate surface area is 115 Å². The lowest BCUT2D eigenvalue weighted by Gasteiger charge is -2.23. The van der Waals surface area contributed by atoms with Crippen LogP contribution in [0.1, 0.15) is 43.7 Å². The maximum atomic E-state index is 5.85. The summed E-state index contributed by atoms with van der Waals surface area (Å²) >= 11 is 5.85. The van der Waals surface area contributed by atoms with E-state index in [2.05, 4.69) is 29.8 Å². The molecular weight excluding hydrogens is 244 g/mol. The molecule has 2 rings (SSSR count). The Balaban J connectivity index is 2.11. The normalized spacial score (nSPS) is 20.8. The number of hydrogen-bond donors (Lipinski definition) is 0. The Bertz CT molecular complexity index is 392. The maximum absolute atomic E-state index is 5.85. The predicted octanol–water partition coefficient (Wildman–Crippen LogP) is 4.15. The molecule has 18 heavy (non-hydrogen) atoms. The molecule has 2 heterocycles. The third-order valence-electron chi connectivity index (χ3n) is 3.99. The summed E-state index contributed by atoms with van der Waals surface area (Å²) in [7, 11) is 0. The third kappa shape index (κ3) is 3.17. The van der Waals surface area contributed by atoms with E-state index in [9.17, 15) is 0 Å². The fraction of sp³-hybridized carbons (Fsp3) is 0.667.